The van der Waals surface area contributed by atoms with Crippen molar-refractivity contribution in [2.24, 2.45) is 5.73 Å². The van der Waals surface area contributed by atoms with Crippen LogP contribution in [0, 0.1) is 0 Å². The van der Waals surface area contributed by atoms with E-state index >= 15 is 0 Å². The molecule has 0 saturated carbocycles. The first-order valence-electron chi connectivity index (χ1n) is 7.06. The van der Waals surface area contributed by atoms with E-state index in [1.54, 1.807) is 0 Å². The number of nitrogens with zero attached hydrogens (tertiary/aromatic N) is 4. The lowest BCUT2D eigenvalue weighted by Gasteiger charge is -2.17. The minimum absolute atomic E-state index is 0.0373. The predicted molar refractivity (Wildman–Crippen MR) is 79.1 cm³/mol. The van der Waals surface area contributed by atoms with Crippen molar-refractivity contribution in [1.82, 2.24) is 15.0 Å². The quantitative estimate of drug-likeness (QED) is 0.512. The Morgan fingerprint density at radius 1 is 1.29 bits per heavy atom. The molecule has 1 aliphatic rings. The summed E-state index contributed by atoms with van der Waals surface area (Å²) in [6.07, 6.45) is 0.955. The Morgan fingerprint density at radius 3 is 2.48 bits per heavy atom. The molecule has 0 aliphatic carbocycles. The number of nitrogens with one attached hydrogen (secondary N) is 2. The molecule has 2 heterocycles. The molecular weight excluding hydrogens is 274 g/mol. The summed E-state index contributed by atoms with van der Waals surface area (Å²) in [5, 5.41) is 15.3. The van der Waals surface area contributed by atoms with Crippen LogP contribution >= 0.6 is 0 Å². The Kier molecular flexibility index (Phi) is 5.09. The van der Waals surface area contributed by atoms with Crippen LogP contribution in [0.2, 0.25) is 0 Å². The second kappa shape index (κ2) is 7.02. The third kappa shape index (κ3) is 4.15. The summed E-state index contributed by atoms with van der Waals surface area (Å²) < 4.78 is 0. The lowest BCUT2D eigenvalue weighted by molar-refractivity contribution is -0.125. The average molecular weight is 295 g/mol. The van der Waals surface area contributed by atoms with Crippen molar-refractivity contribution in [3.63, 3.8) is 0 Å². The zero-order valence-corrected chi connectivity index (χ0v) is 12.0. The standard InChI is InChI=1S/C12H21N7O2/c1-2-14-10-16-11(15-7-8(20)9(13)21)18-12(17-10)19-5-3-4-6-19/h8,20H,2-7H2,1H3,(H2,13,21)(H2,14,15,16,17,18). The fourth-order valence-electron chi connectivity index (χ4n) is 2.03. The molecule has 9 nitrogen and oxygen atoms in total. The Bertz CT molecular complexity index is 490. The van der Waals surface area contributed by atoms with Crippen LogP contribution in [-0.2, 0) is 4.79 Å². The van der Waals surface area contributed by atoms with Crippen LogP contribution in [0.1, 0.15) is 19.8 Å². The molecule has 1 amide bonds. The number of hydrogen-bond donors (Lipinski definition) is 4. The molecule has 1 unspecified atom stereocenters. The van der Waals surface area contributed by atoms with E-state index in [0.717, 1.165) is 25.9 Å². The van der Waals surface area contributed by atoms with Crippen LogP contribution in [0.4, 0.5) is 17.8 Å². The molecule has 0 aromatic carbocycles. The molecule has 1 fully saturated rings. The Morgan fingerprint density at radius 2 is 1.90 bits per heavy atom. The highest BCUT2D eigenvalue weighted by Crippen LogP contribution is 2.18. The van der Waals surface area contributed by atoms with Gasteiger partial charge in [-0.1, -0.05) is 0 Å². The van der Waals surface area contributed by atoms with Crippen molar-refractivity contribution in [2.75, 3.05) is 41.7 Å². The number of primary amides is 1. The number of nitrogens with two attached hydrogens (primary N) is 1. The number of rotatable bonds is 7. The summed E-state index contributed by atoms with van der Waals surface area (Å²) in [5.74, 6) is 0.575. The molecule has 0 bridgehead atoms. The highest BCUT2D eigenvalue weighted by Gasteiger charge is 2.18. The summed E-state index contributed by atoms with van der Waals surface area (Å²) in [4.78, 5) is 25.8. The van der Waals surface area contributed by atoms with E-state index in [2.05, 4.69) is 30.5 Å². The van der Waals surface area contributed by atoms with Gasteiger partial charge in [-0.3, -0.25) is 4.79 Å². The van der Waals surface area contributed by atoms with Crippen LogP contribution < -0.4 is 21.3 Å². The number of aliphatic hydroxyl groups excluding tert-OH is 1. The van der Waals surface area contributed by atoms with Crippen LogP contribution in [0.5, 0.6) is 0 Å². The molecule has 0 radical (unpaired) electrons. The monoisotopic (exact) mass is 295 g/mol. The van der Waals surface area contributed by atoms with Crippen molar-refractivity contribution >= 4 is 23.8 Å². The zero-order valence-electron chi connectivity index (χ0n) is 12.0. The number of aromatic nitrogens is 3. The van der Waals surface area contributed by atoms with E-state index in [1.165, 1.54) is 0 Å². The van der Waals surface area contributed by atoms with E-state index in [1.807, 2.05) is 6.92 Å². The Hall–Kier alpha value is -2.16. The summed E-state index contributed by atoms with van der Waals surface area (Å²) in [7, 11) is 0. The fraction of sp³-hybridized carbons (Fsp3) is 0.667. The normalized spacial score (nSPS) is 15.8. The maximum absolute atomic E-state index is 10.8. The van der Waals surface area contributed by atoms with Gasteiger partial charge in [0.25, 0.3) is 0 Å². The van der Waals surface area contributed by atoms with E-state index in [-0.39, 0.29) is 6.54 Å². The third-order valence-electron chi connectivity index (χ3n) is 3.13. The predicted octanol–water partition coefficient (Wildman–Crippen LogP) is -0.838. The molecule has 0 spiro atoms. The molecule has 1 aliphatic heterocycles. The summed E-state index contributed by atoms with van der Waals surface area (Å²) in [5.41, 5.74) is 5.00. The number of carbonyl (C=O) groups excluding carboxylic acids is 1. The maximum atomic E-state index is 10.8. The smallest absolute Gasteiger partial charge is 0.248 e. The Balaban J connectivity index is 2.12. The van der Waals surface area contributed by atoms with Crippen LogP contribution in [0.3, 0.4) is 0 Å². The van der Waals surface area contributed by atoms with Gasteiger partial charge in [-0.25, -0.2) is 0 Å². The first-order valence-corrected chi connectivity index (χ1v) is 7.06. The van der Waals surface area contributed by atoms with Gasteiger partial charge in [0.15, 0.2) is 0 Å². The zero-order chi connectivity index (χ0) is 15.2. The number of anilines is 3. The molecule has 2 rings (SSSR count). The minimum atomic E-state index is -1.28. The fourth-order valence-corrected chi connectivity index (χ4v) is 2.03. The van der Waals surface area contributed by atoms with Gasteiger partial charge >= 0.3 is 0 Å². The SMILES string of the molecule is CCNc1nc(NCC(O)C(N)=O)nc(N2CCCC2)n1. The number of carbonyl (C=O) groups is 1. The topological polar surface area (TPSA) is 129 Å². The van der Waals surface area contributed by atoms with Crippen molar-refractivity contribution in [2.45, 2.75) is 25.9 Å². The molecular formula is C12H21N7O2. The largest absolute Gasteiger partial charge is 0.381 e. The summed E-state index contributed by atoms with van der Waals surface area (Å²) >= 11 is 0. The summed E-state index contributed by atoms with van der Waals surface area (Å²) in [6, 6.07) is 0. The van der Waals surface area contributed by atoms with E-state index in [9.17, 15) is 9.90 Å². The highest BCUT2D eigenvalue weighted by atomic mass is 16.3. The van der Waals surface area contributed by atoms with Gasteiger partial charge in [0.2, 0.25) is 23.8 Å². The van der Waals surface area contributed by atoms with E-state index in [0.29, 0.717) is 24.4 Å². The van der Waals surface area contributed by atoms with Crippen molar-refractivity contribution in [3.8, 4) is 0 Å². The highest BCUT2D eigenvalue weighted by molar-refractivity contribution is 5.79. The molecule has 5 N–H and O–H groups in total. The first-order chi connectivity index (χ1) is 10.1. The van der Waals surface area contributed by atoms with Crippen molar-refractivity contribution in [3.05, 3.63) is 0 Å². The van der Waals surface area contributed by atoms with Gasteiger partial charge in [0.1, 0.15) is 6.10 Å². The van der Waals surface area contributed by atoms with Crippen LogP contribution in [0.15, 0.2) is 0 Å². The first kappa shape index (κ1) is 15.2. The number of hydrogen-bond acceptors (Lipinski definition) is 8. The Labute approximate surface area is 123 Å². The molecule has 21 heavy (non-hydrogen) atoms. The molecule has 116 valence electrons. The van der Waals surface area contributed by atoms with E-state index < -0.39 is 12.0 Å². The summed E-state index contributed by atoms with van der Waals surface area (Å²) in [6.45, 7) is 4.43. The molecule has 1 atom stereocenters. The molecule has 9 heteroatoms. The average Bonchev–Trinajstić information content (AvgIpc) is 2.99. The lowest BCUT2D eigenvalue weighted by atomic mass is 10.3. The van der Waals surface area contributed by atoms with Crippen molar-refractivity contribution < 1.29 is 9.90 Å². The maximum Gasteiger partial charge on any atom is 0.248 e. The minimum Gasteiger partial charge on any atom is -0.381 e. The van der Waals surface area contributed by atoms with E-state index in [4.69, 9.17) is 5.73 Å². The van der Waals surface area contributed by atoms with Crippen LogP contribution in [0.25, 0.3) is 0 Å². The van der Waals surface area contributed by atoms with Gasteiger partial charge in [0, 0.05) is 19.6 Å². The van der Waals surface area contributed by atoms with Crippen molar-refractivity contribution in [1.29, 1.82) is 0 Å². The second-order valence-corrected chi connectivity index (χ2v) is 4.81. The molecule has 1 aromatic rings. The number of amides is 1. The third-order valence-corrected chi connectivity index (χ3v) is 3.13. The van der Waals surface area contributed by atoms with Gasteiger partial charge in [0.05, 0.1) is 6.54 Å². The van der Waals surface area contributed by atoms with Crippen LogP contribution in [-0.4, -0.2) is 58.2 Å². The molecule has 1 saturated heterocycles. The lowest BCUT2D eigenvalue weighted by Crippen LogP contribution is -2.34. The van der Waals surface area contributed by atoms with Gasteiger partial charge in [-0.15, -0.1) is 0 Å². The van der Waals surface area contributed by atoms with Gasteiger partial charge in [-0.2, -0.15) is 15.0 Å². The number of aliphatic hydroxyl groups is 1. The van der Waals surface area contributed by atoms with Gasteiger partial charge in [-0.05, 0) is 19.8 Å². The molecule has 1 aromatic heterocycles. The second-order valence-electron chi connectivity index (χ2n) is 4.81. The van der Waals surface area contributed by atoms with Gasteiger partial charge < -0.3 is 26.4 Å².